The maximum absolute atomic E-state index is 13.8. The van der Waals surface area contributed by atoms with Crippen LogP contribution in [0.4, 0.5) is 22.0 Å². The predicted octanol–water partition coefficient (Wildman–Crippen LogP) is 2.90. The van der Waals surface area contributed by atoms with Crippen molar-refractivity contribution in [2.45, 2.75) is 12.5 Å². The Balaban J connectivity index is 1.54. The molecule has 0 aliphatic heterocycles. The van der Waals surface area contributed by atoms with E-state index in [-0.39, 0.29) is 5.82 Å². The average Bonchev–Trinajstić information content (AvgIpc) is 3.49. The van der Waals surface area contributed by atoms with Crippen LogP contribution in [0.2, 0.25) is 0 Å². The van der Waals surface area contributed by atoms with Gasteiger partial charge in [0, 0.05) is 45.4 Å². The van der Waals surface area contributed by atoms with Gasteiger partial charge in [-0.3, -0.25) is 13.9 Å². The van der Waals surface area contributed by atoms with Crippen molar-refractivity contribution < 1.29 is 9.18 Å². The second-order valence-corrected chi connectivity index (χ2v) is 8.65. The Bertz CT molecular complexity index is 1560. The number of fused-ring (bicyclic) bond motifs is 1. The molecule has 0 aliphatic rings. The third kappa shape index (κ3) is 4.94. The lowest BCUT2D eigenvalue weighted by Crippen LogP contribution is -2.25. The van der Waals surface area contributed by atoms with Gasteiger partial charge in [0.1, 0.15) is 17.5 Å². The summed E-state index contributed by atoms with van der Waals surface area (Å²) in [6.45, 7) is 0. The number of carbonyl (C=O) groups is 1. The molecule has 1 amide bonds. The molecule has 188 valence electrons. The first-order chi connectivity index (χ1) is 17.9. The number of pyridine rings is 1. The second kappa shape index (κ2) is 10.0. The highest BCUT2D eigenvalue weighted by Gasteiger charge is 2.22. The van der Waals surface area contributed by atoms with Gasteiger partial charge in [0.25, 0.3) is 0 Å². The van der Waals surface area contributed by atoms with Gasteiger partial charge in [0.05, 0.1) is 17.9 Å². The highest BCUT2D eigenvalue weighted by Crippen LogP contribution is 2.29. The maximum Gasteiger partial charge on any atom is 0.228 e. The zero-order valence-corrected chi connectivity index (χ0v) is 20.5. The monoisotopic (exact) mass is 500 g/mol. The lowest BCUT2D eigenvalue weighted by atomic mass is 10.1. The van der Waals surface area contributed by atoms with Crippen molar-refractivity contribution in [1.29, 1.82) is 0 Å². The quantitative estimate of drug-likeness (QED) is 0.297. The predicted molar refractivity (Wildman–Crippen MR) is 137 cm³/mol. The Morgan fingerprint density at radius 3 is 2.70 bits per heavy atom. The van der Waals surface area contributed by atoms with Crippen molar-refractivity contribution in [2.75, 3.05) is 24.3 Å². The van der Waals surface area contributed by atoms with Crippen LogP contribution in [-0.4, -0.2) is 54.9 Å². The number of benzene rings is 1. The third-order valence-electron chi connectivity index (χ3n) is 5.89. The molecule has 12 heteroatoms. The van der Waals surface area contributed by atoms with Crippen molar-refractivity contribution in [1.82, 2.24) is 39.7 Å². The van der Waals surface area contributed by atoms with E-state index in [0.29, 0.717) is 35.9 Å². The molecular weight excluding hydrogens is 475 g/mol. The van der Waals surface area contributed by atoms with Crippen molar-refractivity contribution in [3.63, 3.8) is 0 Å². The number of nitrogens with zero attached hydrogens (tertiary/aromatic N) is 8. The number of carbonyl (C=O) groups excluding carboxylic acids is 1. The van der Waals surface area contributed by atoms with Gasteiger partial charge in [-0.15, -0.1) is 10.2 Å². The molecular formula is C25H25FN10O. The van der Waals surface area contributed by atoms with E-state index < -0.39 is 6.04 Å². The van der Waals surface area contributed by atoms with Gasteiger partial charge in [-0.05, 0) is 35.9 Å². The number of nitrogens with one attached hydrogen (secondary N) is 2. The summed E-state index contributed by atoms with van der Waals surface area (Å²) in [6.07, 6.45) is 4.33. The van der Waals surface area contributed by atoms with Gasteiger partial charge < -0.3 is 15.5 Å². The largest absolute Gasteiger partial charge is 0.364 e. The molecule has 1 atom stereocenters. The molecule has 0 saturated carbocycles. The van der Waals surface area contributed by atoms with Crippen LogP contribution in [0.3, 0.4) is 0 Å². The summed E-state index contributed by atoms with van der Waals surface area (Å²) in [5.74, 6) is 2.16. The lowest BCUT2D eigenvalue weighted by molar-refractivity contribution is -0.110. The van der Waals surface area contributed by atoms with Crippen molar-refractivity contribution in [2.24, 2.45) is 7.05 Å². The number of rotatable bonds is 9. The number of hydrogen-bond donors (Lipinski definition) is 2. The molecule has 37 heavy (non-hydrogen) atoms. The van der Waals surface area contributed by atoms with Crippen LogP contribution in [0.1, 0.15) is 17.4 Å². The third-order valence-corrected chi connectivity index (χ3v) is 5.89. The molecule has 11 nitrogen and oxygen atoms in total. The first kappa shape index (κ1) is 23.9. The fourth-order valence-electron chi connectivity index (χ4n) is 4.12. The zero-order chi connectivity index (χ0) is 25.9. The van der Waals surface area contributed by atoms with Gasteiger partial charge in [-0.2, -0.15) is 5.10 Å². The molecule has 4 aromatic heterocycles. The van der Waals surface area contributed by atoms with E-state index in [9.17, 15) is 9.18 Å². The van der Waals surface area contributed by atoms with Gasteiger partial charge in [0.15, 0.2) is 11.5 Å². The van der Waals surface area contributed by atoms with Crippen LogP contribution in [0.15, 0.2) is 60.9 Å². The Morgan fingerprint density at radius 1 is 1.11 bits per heavy atom. The molecule has 5 aromatic rings. The first-order valence-corrected chi connectivity index (χ1v) is 11.5. The van der Waals surface area contributed by atoms with Crippen molar-refractivity contribution in [3.8, 4) is 11.3 Å². The molecule has 4 heterocycles. The molecule has 2 N–H and O–H groups in total. The zero-order valence-electron chi connectivity index (χ0n) is 20.5. The molecule has 0 spiro atoms. The Hall–Kier alpha value is -4.87. The van der Waals surface area contributed by atoms with E-state index in [2.05, 4.69) is 35.9 Å². The normalized spacial score (nSPS) is 11.9. The number of aromatic nitrogens is 7. The molecule has 5 rings (SSSR count). The minimum absolute atomic E-state index is 0.339. The summed E-state index contributed by atoms with van der Waals surface area (Å²) in [5, 5.41) is 18.9. The van der Waals surface area contributed by atoms with Crippen molar-refractivity contribution in [3.05, 3.63) is 78.1 Å². The summed E-state index contributed by atoms with van der Waals surface area (Å²) in [4.78, 5) is 22.4. The number of halogens is 1. The summed E-state index contributed by atoms with van der Waals surface area (Å²) in [6, 6.07) is 13.2. The summed E-state index contributed by atoms with van der Waals surface area (Å²) in [7, 11) is 5.65. The molecule has 0 radical (unpaired) electrons. The van der Waals surface area contributed by atoms with Gasteiger partial charge in [0.2, 0.25) is 12.4 Å². The van der Waals surface area contributed by atoms with Gasteiger partial charge in [-0.25, -0.2) is 14.4 Å². The Morgan fingerprint density at radius 2 is 1.97 bits per heavy atom. The number of amides is 1. The van der Waals surface area contributed by atoms with Gasteiger partial charge in [-0.1, -0.05) is 12.1 Å². The van der Waals surface area contributed by atoms with Crippen LogP contribution in [0.5, 0.6) is 0 Å². The molecule has 0 bridgehead atoms. The minimum Gasteiger partial charge on any atom is -0.364 e. The van der Waals surface area contributed by atoms with Crippen LogP contribution < -0.4 is 15.5 Å². The highest BCUT2D eigenvalue weighted by molar-refractivity contribution is 5.71. The molecule has 0 fully saturated rings. The van der Waals surface area contributed by atoms with Crippen molar-refractivity contribution >= 4 is 29.6 Å². The molecule has 0 saturated heterocycles. The van der Waals surface area contributed by atoms with E-state index in [1.165, 1.54) is 12.1 Å². The van der Waals surface area contributed by atoms with Gasteiger partial charge >= 0.3 is 0 Å². The highest BCUT2D eigenvalue weighted by atomic mass is 19.1. The van der Waals surface area contributed by atoms with E-state index in [1.807, 2.05) is 60.8 Å². The summed E-state index contributed by atoms with van der Waals surface area (Å²) in [5.41, 5.74) is 2.81. The standard InChI is InChI=1S/C25H25FN10O/c1-34(2)23-14-17(19-7-9-27-25(30-19)31-21-8-10-29-35(21)3)13-22-32-33-24(36(22)23)20(28-15-37)12-16-5-4-6-18(26)11-16/h4-11,13-15,20H,12H2,1-3H3,(H,28,37)(H,27,30,31). The van der Waals surface area contributed by atoms with Crippen LogP contribution in [0.25, 0.3) is 16.9 Å². The topological polar surface area (TPSA) is 118 Å². The minimum atomic E-state index is -0.521. The van der Waals surface area contributed by atoms with Crippen LogP contribution in [0, 0.1) is 5.82 Å². The smallest absolute Gasteiger partial charge is 0.228 e. The number of hydrogen-bond acceptors (Lipinski definition) is 8. The maximum atomic E-state index is 13.8. The van der Waals surface area contributed by atoms with Crippen LogP contribution >= 0.6 is 0 Å². The van der Waals surface area contributed by atoms with E-state index >= 15 is 0 Å². The fraction of sp³-hybridized carbons (Fsp3) is 0.200. The SMILES string of the molecule is CN(C)c1cc(-c2ccnc(Nc3ccnn3C)n2)cc2nnc(C(Cc3cccc(F)c3)NC=O)n12. The van der Waals surface area contributed by atoms with Crippen LogP contribution in [-0.2, 0) is 18.3 Å². The summed E-state index contributed by atoms with van der Waals surface area (Å²) < 4.78 is 17.3. The first-order valence-electron chi connectivity index (χ1n) is 11.5. The molecule has 1 unspecified atom stereocenters. The van der Waals surface area contributed by atoms with E-state index in [1.54, 1.807) is 23.1 Å². The Labute approximate surface area is 212 Å². The van der Waals surface area contributed by atoms with E-state index in [4.69, 9.17) is 0 Å². The fourth-order valence-corrected chi connectivity index (χ4v) is 4.12. The average molecular weight is 501 g/mol. The van der Waals surface area contributed by atoms with E-state index in [0.717, 1.165) is 22.8 Å². The molecule has 1 aromatic carbocycles. The summed E-state index contributed by atoms with van der Waals surface area (Å²) >= 11 is 0. The lowest BCUT2D eigenvalue weighted by Gasteiger charge is -2.20. The second-order valence-electron chi connectivity index (χ2n) is 8.65. The molecule has 0 aliphatic carbocycles. The Kier molecular flexibility index (Phi) is 6.45. The number of aryl methyl sites for hydroxylation is 1. The number of anilines is 3.